The molecule has 1 amide bonds. The zero-order valence-electron chi connectivity index (χ0n) is 8.45. The average molecular weight is 204 g/mol. The summed E-state index contributed by atoms with van der Waals surface area (Å²) in [5, 5.41) is 10.8. The predicted octanol–water partition coefficient (Wildman–Crippen LogP) is -1.23. The van der Waals surface area contributed by atoms with Crippen molar-refractivity contribution >= 4 is 11.9 Å². The van der Waals surface area contributed by atoms with E-state index >= 15 is 0 Å². The zero-order chi connectivity index (χ0) is 11.0. The molecule has 82 valence electrons. The molecule has 0 bridgehead atoms. The number of nitrogens with zero attached hydrogens (tertiary/aromatic N) is 1. The Morgan fingerprint density at radius 2 is 2.07 bits per heavy atom. The molecule has 0 aromatic heterocycles. The maximum Gasteiger partial charge on any atom is 0.329 e. The van der Waals surface area contributed by atoms with Crippen molar-refractivity contribution in [2.45, 2.75) is 0 Å². The van der Waals surface area contributed by atoms with Gasteiger partial charge in [-0.05, 0) is 14.1 Å². The lowest BCUT2D eigenvalue weighted by Crippen LogP contribution is -2.35. The van der Waals surface area contributed by atoms with Crippen molar-refractivity contribution in [2.24, 2.45) is 0 Å². The lowest BCUT2D eigenvalue weighted by molar-refractivity contribution is -0.142. The number of carbonyl (C=O) groups excluding carboxylic acids is 1. The molecule has 0 radical (unpaired) electrons. The van der Waals surface area contributed by atoms with Gasteiger partial charge in [-0.2, -0.15) is 0 Å². The minimum atomic E-state index is -1.01. The predicted molar refractivity (Wildman–Crippen MR) is 50.0 cm³/mol. The molecule has 6 heteroatoms. The normalized spacial score (nSPS) is 10.2. The highest BCUT2D eigenvalue weighted by Gasteiger charge is 2.01. The molecule has 14 heavy (non-hydrogen) atoms. The fourth-order valence-corrected chi connectivity index (χ4v) is 0.765. The highest BCUT2D eigenvalue weighted by Crippen LogP contribution is 1.76. The number of likely N-dealkylation sites (N-methyl/N-ethyl adjacent to an activating group) is 1. The molecule has 0 aromatic carbocycles. The Labute approximate surface area is 82.8 Å². The third-order valence-corrected chi connectivity index (χ3v) is 1.25. The second kappa shape index (κ2) is 7.28. The first-order valence-electron chi connectivity index (χ1n) is 4.23. The maximum atomic E-state index is 11.0. The van der Waals surface area contributed by atoms with E-state index in [2.05, 4.69) is 5.32 Å². The van der Waals surface area contributed by atoms with Crippen LogP contribution in [0.1, 0.15) is 0 Å². The van der Waals surface area contributed by atoms with Crippen molar-refractivity contribution in [1.29, 1.82) is 0 Å². The van der Waals surface area contributed by atoms with Crippen LogP contribution >= 0.6 is 0 Å². The van der Waals surface area contributed by atoms with Crippen molar-refractivity contribution in [3.8, 4) is 0 Å². The summed E-state index contributed by atoms with van der Waals surface area (Å²) in [6.45, 7) is 0.536. The molecule has 6 nitrogen and oxygen atoms in total. The van der Waals surface area contributed by atoms with Gasteiger partial charge in [-0.25, -0.2) is 4.79 Å². The molecule has 0 aliphatic carbocycles. The molecule has 0 fully saturated rings. The molecule has 0 spiro atoms. The van der Waals surface area contributed by atoms with Gasteiger partial charge in [0.1, 0.15) is 6.61 Å². The minimum Gasteiger partial charge on any atom is -0.480 e. The van der Waals surface area contributed by atoms with Gasteiger partial charge < -0.3 is 20.1 Å². The number of nitrogens with one attached hydrogen (secondary N) is 1. The van der Waals surface area contributed by atoms with Crippen molar-refractivity contribution in [3.05, 3.63) is 0 Å². The number of hydrogen-bond acceptors (Lipinski definition) is 4. The van der Waals surface area contributed by atoms with Gasteiger partial charge >= 0.3 is 5.97 Å². The van der Waals surface area contributed by atoms with E-state index in [1.165, 1.54) is 0 Å². The van der Waals surface area contributed by atoms with Crippen molar-refractivity contribution in [3.63, 3.8) is 0 Å². The SMILES string of the molecule is CN(C)CC(=O)NCCOCC(=O)O. The molecule has 0 heterocycles. The Morgan fingerprint density at radius 1 is 1.43 bits per heavy atom. The van der Waals surface area contributed by atoms with Crippen LogP contribution in [0.2, 0.25) is 0 Å². The van der Waals surface area contributed by atoms with Gasteiger partial charge in [0, 0.05) is 6.54 Å². The van der Waals surface area contributed by atoms with Gasteiger partial charge in [0.05, 0.1) is 13.2 Å². The summed E-state index contributed by atoms with van der Waals surface area (Å²) in [5.41, 5.74) is 0. The Hall–Kier alpha value is -1.14. The standard InChI is InChI=1S/C8H16N2O4/c1-10(2)5-7(11)9-3-4-14-6-8(12)13/h3-6H2,1-2H3,(H,9,11)(H,12,13). The quantitative estimate of drug-likeness (QED) is 0.507. The maximum absolute atomic E-state index is 11.0. The fraction of sp³-hybridized carbons (Fsp3) is 0.750. The fourth-order valence-electron chi connectivity index (χ4n) is 0.765. The van der Waals surface area contributed by atoms with Crippen LogP contribution < -0.4 is 5.32 Å². The lowest BCUT2D eigenvalue weighted by atomic mass is 10.5. The number of carboxylic acids is 1. The van der Waals surface area contributed by atoms with Gasteiger partial charge in [-0.3, -0.25) is 4.79 Å². The Balaban J connectivity index is 3.27. The number of carbonyl (C=O) groups is 2. The van der Waals surface area contributed by atoms with E-state index < -0.39 is 5.97 Å². The second-order valence-corrected chi connectivity index (χ2v) is 3.03. The first-order chi connectivity index (χ1) is 6.52. The van der Waals surface area contributed by atoms with Crippen LogP contribution in [0.25, 0.3) is 0 Å². The van der Waals surface area contributed by atoms with Crippen LogP contribution in [0.4, 0.5) is 0 Å². The largest absolute Gasteiger partial charge is 0.480 e. The number of aliphatic carboxylic acids is 1. The summed E-state index contributed by atoms with van der Waals surface area (Å²) in [4.78, 5) is 22.8. The molecule has 0 unspecified atom stereocenters. The van der Waals surface area contributed by atoms with Crippen LogP contribution in [0.5, 0.6) is 0 Å². The molecule has 0 saturated carbocycles. The molecular weight excluding hydrogens is 188 g/mol. The molecule has 0 aliphatic rings. The van der Waals surface area contributed by atoms with E-state index in [9.17, 15) is 9.59 Å². The van der Waals surface area contributed by atoms with Crippen LogP contribution in [0.15, 0.2) is 0 Å². The number of hydrogen-bond donors (Lipinski definition) is 2. The first kappa shape index (κ1) is 12.9. The van der Waals surface area contributed by atoms with Crippen LogP contribution in [0.3, 0.4) is 0 Å². The van der Waals surface area contributed by atoms with E-state index in [0.717, 1.165) is 0 Å². The van der Waals surface area contributed by atoms with Gasteiger partial charge in [-0.1, -0.05) is 0 Å². The zero-order valence-corrected chi connectivity index (χ0v) is 8.45. The van der Waals surface area contributed by atoms with E-state index in [-0.39, 0.29) is 19.1 Å². The molecule has 0 rings (SSSR count). The van der Waals surface area contributed by atoms with Crippen LogP contribution in [-0.2, 0) is 14.3 Å². The van der Waals surface area contributed by atoms with Crippen molar-refractivity contribution < 1.29 is 19.4 Å². The summed E-state index contributed by atoms with van der Waals surface area (Å²) in [7, 11) is 3.58. The van der Waals surface area contributed by atoms with E-state index in [1.54, 1.807) is 19.0 Å². The van der Waals surface area contributed by atoms with Crippen molar-refractivity contribution in [1.82, 2.24) is 10.2 Å². The average Bonchev–Trinajstić information content (AvgIpc) is 2.01. The van der Waals surface area contributed by atoms with Gasteiger partial charge in [-0.15, -0.1) is 0 Å². The second-order valence-electron chi connectivity index (χ2n) is 3.03. The number of amides is 1. The summed E-state index contributed by atoms with van der Waals surface area (Å²) in [6, 6.07) is 0. The number of rotatable bonds is 7. The third kappa shape index (κ3) is 8.95. The number of carboxylic acid groups (broad SMARTS) is 1. The van der Waals surface area contributed by atoms with Gasteiger partial charge in [0.25, 0.3) is 0 Å². The first-order valence-corrected chi connectivity index (χ1v) is 4.23. The van der Waals surface area contributed by atoms with E-state index in [4.69, 9.17) is 9.84 Å². The molecular formula is C8H16N2O4. The van der Waals surface area contributed by atoms with E-state index in [1.807, 2.05) is 0 Å². The van der Waals surface area contributed by atoms with E-state index in [0.29, 0.717) is 13.1 Å². The monoisotopic (exact) mass is 204 g/mol. The Bertz CT molecular complexity index is 194. The highest BCUT2D eigenvalue weighted by molar-refractivity contribution is 5.77. The molecule has 0 aliphatic heterocycles. The number of ether oxygens (including phenoxy) is 1. The van der Waals surface area contributed by atoms with Crippen LogP contribution in [-0.4, -0.2) is 62.3 Å². The smallest absolute Gasteiger partial charge is 0.329 e. The summed E-state index contributed by atoms with van der Waals surface area (Å²) >= 11 is 0. The summed E-state index contributed by atoms with van der Waals surface area (Å²) in [5.74, 6) is -1.11. The molecule has 0 aromatic rings. The van der Waals surface area contributed by atoms with Crippen molar-refractivity contribution in [2.75, 3.05) is 40.4 Å². The molecule has 0 atom stereocenters. The lowest BCUT2D eigenvalue weighted by Gasteiger charge is -2.09. The molecule has 2 N–H and O–H groups in total. The van der Waals surface area contributed by atoms with Gasteiger partial charge in [0.2, 0.25) is 5.91 Å². The topological polar surface area (TPSA) is 78.9 Å². The highest BCUT2D eigenvalue weighted by atomic mass is 16.5. The summed E-state index contributed by atoms with van der Waals surface area (Å²) in [6.07, 6.45) is 0. The Morgan fingerprint density at radius 3 is 2.57 bits per heavy atom. The third-order valence-electron chi connectivity index (χ3n) is 1.25. The minimum absolute atomic E-state index is 0.103. The summed E-state index contributed by atoms with van der Waals surface area (Å²) < 4.78 is 4.72. The molecule has 0 saturated heterocycles. The van der Waals surface area contributed by atoms with Gasteiger partial charge in [0.15, 0.2) is 0 Å². The van der Waals surface area contributed by atoms with Crippen LogP contribution in [0, 0.1) is 0 Å². The Kier molecular flexibility index (Phi) is 6.69.